The molecule has 0 fully saturated rings. The zero-order chi connectivity index (χ0) is 14.0. The number of nitrogens with one attached hydrogen (secondary N) is 2. The topological polar surface area (TPSA) is 75.9 Å². The molecule has 0 aliphatic carbocycles. The van der Waals surface area contributed by atoms with Crippen LogP contribution in [0.3, 0.4) is 0 Å². The van der Waals surface area contributed by atoms with Crippen LogP contribution in [0, 0.1) is 5.41 Å². The zero-order valence-corrected chi connectivity index (χ0v) is 12.3. The van der Waals surface area contributed by atoms with Gasteiger partial charge in [-0.2, -0.15) is 9.97 Å². The number of anilines is 3. The molecule has 0 saturated carbocycles. The fourth-order valence-electron chi connectivity index (χ4n) is 2.37. The summed E-state index contributed by atoms with van der Waals surface area (Å²) in [5.41, 5.74) is 5.88. The Labute approximate surface area is 110 Å². The molecule has 1 heterocycles. The second kappa shape index (κ2) is 5.00. The largest absolute Gasteiger partial charge is 0.373 e. The minimum atomic E-state index is -0.0515. The van der Waals surface area contributed by atoms with Crippen LogP contribution in [-0.4, -0.2) is 22.6 Å². The lowest BCUT2D eigenvalue weighted by atomic mass is 9.82. The van der Waals surface area contributed by atoms with E-state index < -0.39 is 0 Å². The smallest absolute Gasteiger partial charge is 0.223 e. The number of rotatable bonds is 4. The van der Waals surface area contributed by atoms with E-state index in [-0.39, 0.29) is 16.9 Å². The van der Waals surface area contributed by atoms with Gasteiger partial charge < -0.3 is 16.4 Å². The Kier molecular flexibility index (Phi) is 4.04. The maximum Gasteiger partial charge on any atom is 0.223 e. The normalized spacial score (nSPS) is 12.3. The molecule has 0 atom stereocenters. The first kappa shape index (κ1) is 14.5. The van der Waals surface area contributed by atoms with Gasteiger partial charge in [0, 0.05) is 18.7 Å². The number of nitrogens with two attached hydrogens (primary N) is 1. The molecule has 1 aromatic rings. The van der Waals surface area contributed by atoms with Crippen LogP contribution in [0.25, 0.3) is 0 Å². The lowest BCUT2D eigenvalue weighted by molar-refractivity contribution is 0.302. The van der Waals surface area contributed by atoms with Crippen LogP contribution in [0.1, 0.15) is 41.0 Å². The van der Waals surface area contributed by atoms with Crippen LogP contribution in [0.4, 0.5) is 17.6 Å². The Hall–Kier alpha value is -1.52. The summed E-state index contributed by atoms with van der Waals surface area (Å²) >= 11 is 0. The van der Waals surface area contributed by atoms with Gasteiger partial charge in [0.1, 0.15) is 11.6 Å². The monoisotopic (exact) mass is 251 g/mol. The molecule has 0 radical (unpaired) electrons. The number of hydrogen-bond donors (Lipinski definition) is 3. The van der Waals surface area contributed by atoms with Crippen molar-refractivity contribution in [3.8, 4) is 0 Å². The highest BCUT2D eigenvalue weighted by atomic mass is 15.1. The molecule has 1 rings (SSSR count). The molecule has 5 nitrogen and oxygen atoms in total. The molecule has 0 saturated heterocycles. The van der Waals surface area contributed by atoms with Crippen molar-refractivity contribution in [2.45, 2.75) is 46.6 Å². The second-order valence-corrected chi connectivity index (χ2v) is 6.49. The van der Waals surface area contributed by atoms with E-state index in [1.54, 1.807) is 0 Å². The standard InChI is InChI=1S/C13H25N5/c1-12(2,3)8-13(4,5)18-10-7-9(15-6)16-11(14)17-10/h7H,8H2,1-6H3,(H4,14,15,16,17,18). The Morgan fingerprint density at radius 3 is 2.17 bits per heavy atom. The van der Waals surface area contributed by atoms with E-state index in [4.69, 9.17) is 5.73 Å². The molecule has 0 aliphatic heterocycles. The van der Waals surface area contributed by atoms with Crippen molar-refractivity contribution in [3.05, 3.63) is 6.07 Å². The Morgan fingerprint density at radius 1 is 1.11 bits per heavy atom. The minimum Gasteiger partial charge on any atom is -0.373 e. The lowest BCUT2D eigenvalue weighted by Crippen LogP contribution is -2.35. The summed E-state index contributed by atoms with van der Waals surface area (Å²) in [4.78, 5) is 8.29. The fourth-order valence-corrected chi connectivity index (χ4v) is 2.37. The van der Waals surface area contributed by atoms with E-state index in [2.05, 4.69) is 55.2 Å². The molecule has 0 unspecified atom stereocenters. The number of nitrogen functional groups attached to an aromatic ring is 1. The Morgan fingerprint density at radius 2 is 1.67 bits per heavy atom. The van der Waals surface area contributed by atoms with Crippen LogP contribution in [0.5, 0.6) is 0 Å². The highest BCUT2D eigenvalue weighted by molar-refractivity contribution is 5.51. The zero-order valence-electron chi connectivity index (χ0n) is 12.3. The highest BCUT2D eigenvalue weighted by Gasteiger charge is 2.25. The lowest BCUT2D eigenvalue weighted by Gasteiger charge is -2.33. The van der Waals surface area contributed by atoms with Crippen molar-refractivity contribution >= 4 is 17.6 Å². The third kappa shape index (κ3) is 4.77. The van der Waals surface area contributed by atoms with E-state index in [1.165, 1.54) is 0 Å². The molecule has 0 aliphatic rings. The Balaban J connectivity index is 2.86. The van der Waals surface area contributed by atoms with Crippen molar-refractivity contribution in [1.29, 1.82) is 0 Å². The molecule has 1 aromatic heterocycles. The molecule has 0 spiro atoms. The summed E-state index contributed by atoms with van der Waals surface area (Å²) < 4.78 is 0. The van der Waals surface area contributed by atoms with Gasteiger partial charge in [0.05, 0.1) is 0 Å². The average molecular weight is 251 g/mol. The van der Waals surface area contributed by atoms with Crippen LogP contribution >= 0.6 is 0 Å². The van der Waals surface area contributed by atoms with Crippen LogP contribution < -0.4 is 16.4 Å². The summed E-state index contributed by atoms with van der Waals surface area (Å²) in [5, 5.41) is 6.39. The van der Waals surface area contributed by atoms with Crippen LogP contribution in [0.2, 0.25) is 0 Å². The molecular weight excluding hydrogens is 226 g/mol. The first-order valence-electron chi connectivity index (χ1n) is 6.22. The maximum absolute atomic E-state index is 5.68. The number of nitrogens with zero attached hydrogens (tertiary/aromatic N) is 2. The van der Waals surface area contributed by atoms with Gasteiger partial charge in [-0.1, -0.05) is 20.8 Å². The maximum atomic E-state index is 5.68. The van der Waals surface area contributed by atoms with Gasteiger partial charge in [0.2, 0.25) is 5.95 Å². The van der Waals surface area contributed by atoms with Crippen molar-refractivity contribution < 1.29 is 0 Å². The van der Waals surface area contributed by atoms with Gasteiger partial charge in [0.15, 0.2) is 0 Å². The first-order chi connectivity index (χ1) is 8.11. The third-order valence-electron chi connectivity index (χ3n) is 2.44. The van der Waals surface area contributed by atoms with Gasteiger partial charge in [-0.25, -0.2) is 0 Å². The Bertz CT molecular complexity index is 406. The molecule has 0 aromatic carbocycles. The van der Waals surface area contributed by atoms with E-state index in [0.717, 1.165) is 18.1 Å². The molecular formula is C13H25N5. The summed E-state index contributed by atoms with van der Waals surface area (Å²) in [7, 11) is 1.81. The average Bonchev–Trinajstić information content (AvgIpc) is 2.11. The number of aromatic nitrogens is 2. The SMILES string of the molecule is CNc1cc(NC(C)(C)CC(C)(C)C)nc(N)n1. The molecule has 18 heavy (non-hydrogen) atoms. The third-order valence-corrected chi connectivity index (χ3v) is 2.44. The molecule has 102 valence electrons. The van der Waals surface area contributed by atoms with Crippen LogP contribution in [-0.2, 0) is 0 Å². The van der Waals surface area contributed by atoms with Gasteiger partial charge in [-0.15, -0.1) is 0 Å². The first-order valence-corrected chi connectivity index (χ1v) is 6.22. The predicted molar refractivity (Wildman–Crippen MR) is 77.8 cm³/mol. The molecule has 4 N–H and O–H groups in total. The van der Waals surface area contributed by atoms with Gasteiger partial charge in [0.25, 0.3) is 0 Å². The molecule has 0 amide bonds. The summed E-state index contributed by atoms with van der Waals surface area (Å²) in [5.74, 6) is 1.74. The second-order valence-electron chi connectivity index (χ2n) is 6.49. The van der Waals surface area contributed by atoms with E-state index >= 15 is 0 Å². The van der Waals surface area contributed by atoms with Crippen molar-refractivity contribution in [2.75, 3.05) is 23.4 Å². The summed E-state index contributed by atoms with van der Waals surface area (Å²) in [6.07, 6.45) is 1.03. The molecule has 5 heteroatoms. The summed E-state index contributed by atoms with van der Waals surface area (Å²) in [6.45, 7) is 11.0. The minimum absolute atomic E-state index is 0.0515. The summed E-state index contributed by atoms with van der Waals surface area (Å²) in [6, 6.07) is 1.86. The number of hydrogen-bond acceptors (Lipinski definition) is 5. The van der Waals surface area contributed by atoms with Crippen LogP contribution in [0.15, 0.2) is 6.07 Å². The highest BCUT2D eigenvalue weighted by Crippen LogP contribution is 2.29. The van der Waals surface area contributed by atoms with Crippen molar-refractivity contribution in [2.24, 2.45) is 5.41 Å². The fraction of sp³-hybridized carbons (Fsp3) is 0.692. The molecule has 0 bridgehead atoms. The van der Waals surface area contributed by atoms with E-state index in [9.17, 15) is 0 Å². The quantitative estimate of drug-likeness (QED) is 0.767. The van der Waals surface area contributed by atoms with Gasteiger partial charge in [-0.05, 0) is 25.7 Å². The van der Waals surface area contributed by atoms with Gasteiger partial charge in [-0.3, -0.25) is 0 Å². The van der Waals surface area contributed by atoms with Gasteiger partial charge >= 0.3 is 0 Å². The predicted octanol–water partition coefficient (Wildman–Crippen LogP) is 2.73. The van der Waals surface area contributed by atoms with Crippen molar-refractivity contribution in [3.63, 3.8) is 0 Å². The van der Waals surface area contributed by atoms with E-state index in [0.29, 0.717) is 0 Å². The van der Waals surface area contributed by atoms with Crippen molar-refractivity contribution in [1.82, 2.24) is 9.97 Å². The van der Waals surface area contributed by atoms with E-state index in [1.807, 2.05) is 13.1 Å².